The summed E-state index contributed by atoms with van der Waals surface area (Å²) < 4.78 is 0. The van der Waals surface area contributed by atoms with E-state index in [1.54, 1.807) is 12.4 Å². The van der Waals surface area contributed by atoms with E-state index < -0.39 is 0 Å². The molecule has 0 atom stereocenters. The summed E-state index contributed by atoms with van der Waals surface area (Å²) in [4.78, 5) is 14.7. The Morgan fingerprint density at radius 3 is 2.88 bits per heavy atom. The zero-order chi connectivity index (χ0) is 16.4. The monoisotopic (exact) mass is 322 g/mol. The number of nitrogens with one attached hydrogen (secondary N) is 2. The van der Waals surface area contributed by atoms with Crippen LogP contribution in [0.1, 0.15) is 23.2 Å². The average Bonchev–Trinajstić information content (AvgIpc) is 3.11. The summed E-state index contributed by atoms with van der Waals surface area (Å²) in [5.74, 6) is 0.852. The molecule has 7 heteroatoms. The standard InChI is InChI=1S/C17H18N6O/c24-17(13-3-1-4-15-14(13)11-19-21-15)23-9-6-12(7-10-23)20-16-5-2-8-18-22-16/h1-5,8,11-12H,6-7,9-10H2,(H,19,21)(H,20,22). The van der Waals surface area contributed by atoms with Gasteiger partial charge < -0.3 is 10.2 Å². The van der Waals surface area contributed by atoms with Crippen LogP contribution in [0.4, 0.5) is 5.82 Å². The maximum atomic E-state index is 12.8. The molecule has 0 radical (unpaired) electrons. The van der Waals surface area contributed by atoms with E-state index in [-0.39, 0.29) is 5.91 Å². The third kappa shape index (κ3) is 2.80. The second-order valence-electron chi connectivity index (χ2n) is 5.96. The van der Waals surface area contributed by atoms with E-state index in [0.717, 1.165) is 42.7 Å². The first-order chi connectivity index (χ1) is 11.8. The molecule has 122 valence electrons. The van der Waals surface area contributed by atoms with Crippen LogP contribution < -0.4 is 5.32 Å². The zero-order valence-corrected chi connectivity index (χ0v) is 13.1. The lowest BCUT2D eigenvalue weighted by Gasteiger charge is -2.32. The van der Waals surface area contributed by atoms with Crippen LogP contribution in [0.15, 0.2) is 42.7 Å². The number of anilines is 1. The Morgan fingerprint density at radius 1 is 1.21 bits per heavy atom. The molecular formula is C17H18N6O. The van der Waals surface area contributed by atoms with Gasteiger partial charge in [-0.15, -0.1) is 5.10 Å². The molecular weight excluding hydrogens is 304 g/mol. The molecule has 0 bridgehead atoms. The van der Waals surface area contributed by atoms with Gasteiger partial charge in [-0.3, -0.25) is 9.89 Å². The molecule has 1 fully saturated rings. The number of hydrogen-bond acceptors (Lipinski definition) is 5. The predicted molar refractivity (Wildman–Crippen MR) is 90.7 cm³/mol. The van der Waals surface area contributed by atoms with Gasteiger partial charge in [0.25, 0.3) is 5.91 Å². The van der Waals surface area contributed by atoms with Gasteiger partial charge in [-0.2, -0.15) is 10.2 Å². The lowest BCUT2D eigenvalue weighted by atomic mass is 10.0. The van der Waals surface area contributed by atoms with Gasteiger partial charge >= 0.3 is 0 Å². The molecule has 24 heavy (non-hydrogen) atoms. The van der Waals surface area contributed by atoms with Crippen LogP contribution >= 0.6 is 0 Å². The van der Waals surface area contributed by atoms with Crippen molar-refractivity contribution in [3.8, 4) is 0 Å². The van der Waals surface area contributed by atoms with Gasteiger partial charge in [0.1, 0.15) is 5.82 Å². The molecule has 0 unspecified atom stereocenters. The van der Waals surface area contributed by atoms with Crippen molar-refractivity contribution in [2.24, 2.45) is 0 Å². The van der Waals surface area contributed by atoms with Gasteiger partial charge in [-0.1, -0.05) is 6.07 Å². The van der Waals surface area contributed by atoms with Crippen LogP contribution in [-0.2, 0) is 0 Å². The minimum absolute atomic E-state index is 0.0694. The number of likely N-dealkylation sites (tertiary alicyclic amines) is 1. The van der Waals surface area contributed by atoms with Crippen LogP contribution in [0.2, 0.25) is 0 Å². The van der Waals surface area contributed by atoms with Gasteiger partial charge in [0.05, 0.1) is 17.3 Å². The zero-order valence-electron chi connectivity index (χ0n) is 13.1. The van der Waals surface area contributed by atoms with E-state index in [2.05, 4.69) is 25.7 Å². The number of aromatic nitrogens is 4. The Hall–Kier alpha value is -2.96. The number of fused-ring (bicyclic) bond motifs is 1. The number of benzene rings is 1. The number of carbonyl (C=O) groups is 1. The molecule has 3 aromatic rings. The molecule has 0 aliphatic carbocycles. The highest BCUT2D eigenvalue weighted by atomic mass is 16.2. The third-order valence-electron chi connectivity index (χ3n) is 4.42. The smallest absolute Gasteiger partial charge is 0.254 e. The third-order valence-corrected chi connectivity index (χ3v) is 4.42. The number of amides is 1. The summed E-state index contributed by atoms with van der Waals surface area (Å²) in [6.45, 7) is 1.45. The van der Waals surface area contributed by atoms with Crippen molar-refractivity contribution < 1.29 is 4.79 Å². The summed E-state index contributed by atoms with van der Waals surface area (Å²) in [5, 5.41) is 19.1. The summed E-state index contributed by atoms with van der Waals surface area (Å²) >= 11 is 0. The number of carbonyl (C=O) groups excluding carboxylic acids is 1. The first kappa shape index (κ1) is 14.6. The number of H-pyrrole nitrogens is 1. The fourth-order valence-electron chi connectivity index (χ4n) is 3.14. The lowest BCUT2D eigenvalue weighted by Crippen LogP contribution is -2.42. The molecule has 0 saturated carbocycles. The minimum Gasteiger partial charge on any atom is -0.366 e. The molecule has 4 rings (SSSR count). The number of nitrogens with zero attached hydrogens (tertiary/aromatic N) is 4. The number of rotatable bonds is 3. The SMILES string of the molecule is O=C(c1cccc2[nH]ncc12)N1CCC(Nc2cccnn2)CC1. The van der Waals surface area contributed by atoms with Crippen molar-refractivity contribution in [3.63, 3.8) is 0 Å². The molecule has 1 aromatic carbocycles. The van der Waals surface area contributed by atoms with Gasteiger partial charge in [0.2, 0.25) is 0 Å². The Kier molecular flexibility index (Phi) is 3.82. The lowest BCUT2D eigenvalue weighted by molar-refractivity contribution is 0.0720. The Balaban J connectivity index is 1.42. The van der Waals surface area contributed by atoms with Gasteiger partial charge in [-0.25, -0.2) is 0 Å². The van der Waals surface area contributed by atoms with Crippen molar-refractivity contribution in [2.75, 3.05) is 18.4 Å². The van der Waals surface area contributed by atoms with Gasteiger partial charge in [-0.05, 0) is 37.1 Å². The molecule has 1 amide bonds. The maximum Gasteiger partial charge on any atom is 0.254 e. The van der Waals surface area contributed by atoms with Crippen LogP contribution in [0.25, 0.3) is 10.9 Å². The highest BCUT2D eigenvalue weighted by molar-refractivity contribution is 6.06. The van der Waals surface area contributed by atoms with Crippen LogP contribution in [0.5, 0.6) is 0 Å². The van der Waals surface area contributed by atoms with E-state index in [0.29, 0.717) is 11.6 Å². The van der Waals surface area contributed by atoms with E-state index in [9.17, 15) is 4.79 Å². The maximum absolute atomic E-state index is 12.8. The van der Waals surface area contributed by atoms with Crippen molar-refractivity contribution >= 4 is 22.6 Å². The summed E-state index contributed by atoms with van der Waals surface area (Å²) in [5.41, 5.74) is 1.60. The van der Waals surface area contributed by atoms with E-state index in [4.69, 9.17) is 0 Å². The molecule has 1 aliphatic rings. The van der Waals surface area contributed by atoms with Crippen LogP contribution in [0.3, 0.4) is 0 Å². The van der Waals surface area contributed by atoms with Crippen LogP contribution in [0, 0.1) is 0 Å². The van der Waals surface area contributed by atoms with Crippen LogP contribution in [-0.4, -0.2) is 50.3 Å². The topological polar surface area (TPSA) is 86.8 Å². The average molecular weight is 322 g/mol. The minimum atomic E-state index is 0.0694. The number of aromatic amines is 1. The highest BCUT2D eigenvalue weighted by Crippen LogP contribution is 2.21. The van der Waals surface area contributed by atoms with Crippen molar-refractivity contribution in [1.82, 2.24) is 25.3 Å². The van der Waals surface area contributed by atoms with Gasteiger partial charge in [0.15, 0.2) is 0 Å². The first-order valence-corrected chi connectivity index (χ1v) is 8.07. The van der Waals surface area contributed by atoms with Crippen molar-refractivity contribution in [2.45, 2.75) is 18.9 Å². The first-order valence-electron chi connectivity index (χ1n) is 8.07. The Morgan fingerprint density at radius 2 is 2.08 bits per heavy atom. The summed E-state index contributed by atoms with van der Waals surface area (Å²) in [6, 6.07) is 9.76. The molecule has 7 nitrogen and oxygen atoms in total. The fraction of sp³-hybridized carbons (Fsp3) is 0.294. The number of piperidine rings is 1. The molecule has 2 N–H and O–H groups in total. The summed E-state index contributed by atoms with van der Waals surface area (Å²) in [7, 11) is 0. The van der Waals surface area contributed by atoms with E-state index in [1.165, 1.54) is 0 Å². The van der Waals surface area contributed by atoms with Crippen molar-refractivity contribution in [3.05, 3.63) is 48.3 Å². The van der Waals surface area contributed by atoms with Gasteiger partial charge in [0, 0.05) is 30.7 Å². The van der Waals surface area contributed by atoms with E-state index >= 15 is 0 Å². The normalized spacial score (nSPS) is 15.6. The Labute approximate surface area is 139 Å². The molecule has 2 aromatic heterocycles. The second kappa shape index (κ2) is 6.27. The largest absolute Gasteiger partial charge is 0.366 e. The number of hydrogen-bond donors (Lipinski definition) is 2. The second-order valence-corrected chi connectivity index (χ2v) is 5.96. The fourth-order valence-corrected chi connectivity index (χ4v) is 3.14. The quantitative estimate of drug-likeness (QED) is 0.771. The molecule has 0 spiro atoms. The predicted octanol–water partition coefficient (Wildman–Crippen LogP) is 2.07. The molecule has 3 heterocycles. The van der Waals surface area contributed by atoms with Crippen molar-refractivity contribution in [1.29, 1.82) is 0 Å². The molecule has 1 aliphatic heterocycles. The highest BCUT2D eigenvalue weighted by Gasteiger charge is 2.25. The van der Waals surface area contributed by atoms with E-state index in [1.807, 2.05) is 35.2 Å². The summed E-state index contributed by atoms with van der Waals surface area (Å²) in [6.07, 6.45) is 5.15. The molecule has 1 saturated heterocycles. The Bertz CT molecular complexity index is 838.